The van der Waals surface area contributed by atoms with Crippen molar-refractivity contribution in [3.05, 3.63) is 35.9 Å². The number of nitriles is 1. The van der Waals surface area contributed by atoms with E-state index >= 15 is 0 Å². The van der Waals surface area contributed by atoms with E-state index in [1.165, 1.54) is 5.56 Å². The minimum Gasteiger partial charge on any atom is -0.400 e. The summed E-state index contributed by atoms with van der Waals surface area (Å²) < 4.78 is 5.36. The van der Waals surface area contributed by atoms with Crippen LogP contribution in [0.2, 0.25) is 0 Å². The van der Waals surface area contributed by atoms with E-state index in [-0.39, 0.29) is 6.04 Å². The Hall–Kier alpha value is -1.41. The lowest BCUT2D eigenvalue weighted by Crippen LogP contribution is -2.31. The van der Waals surface area contributed by atoms with Gasteiger partial charge < -0.3 is 9.84 Å². The van der Waals surface area contributed by atoms with Crippen molar-refractivity contribution in [3.63, 3.8) is 0 Å². The second-order valence-electron chi connectivity index (χ2n) is 4.92. The molecule has 0 radical (unpaired) electrons. The molecule has 0 bridgehead atoms. The Morgan fingerprint density at radius 1 is 1.32 bits per heavy atom. The molecular formula is C15H20N2O2. The number of rotatable bonds is 4. The van der Waals surface area contributed by atoms with Gasteiger partial charge in [0.1, 0.15) is 0 Å². The van der Waals surface area contributed by atoms with Crippen LogP contribution in [0.1, 0.15) is 5.56 Å². The molecule has 102 valence electrons. The third kappa shape index (κ3) is 3.13. The maximum Gasteiger partial charge on any atom is 0.0991 e. The fourth-order valence-electron chi connectivity index (χ4n) is 2.87. The molecule has 1 aliphatic carbocycles. The quantitative estimate of drug-likeness (QED) is 0.853. The van der Waals surface area contributed by atoms with Gasteiger partial charge in [0.2, 0.25) is 0 Å². The molecule has 1 saturated carbocycles. The number of fused-ring (bicyclic) bond motifs is 1. The van der Waals surface area contributed by atoms with Crippen molar-refractivity contribution in [3.8, 4) is 6.07 Å². The normalized spacial score (nSPS) is 28.6. The van der Waals surface area contributed by atoms with Crippen molar-refractivity contribution in [1.82, 2.24) is 5.32 Å². The molecule has 1 aromatic carbocycles. The van der Waals surface area contributed by atoms with Crippen molar-refractivity contribution >= 4 is 0 Å². The fraction of sp³-hybridized carbons (Fsp3) is 0.533. The molecule has 19 heavy (non-hydrogen) atoms. The Balaban J connectivity index is 0.000000637. The second-order valence-corrected chi connectivity index (χ2v) is 4.92. The van der Waals surface area contributed by atoms with Crippen molar-refractivity contribution in [2.45, 2.75) is 12.6 Å². The van der Waals surface area contributed by atoms with Gasteiger partial charge in [0.25, 0.3) is 0 Å². The van der Waals surface area contributed by atoms with Gasteiger partial charge in [-0.3, -0.25) is 5.32 Å². The van der Waals surface area contributed by atoms with E-state index in [9.17, 15) is 5.26 Å². The van der Waals surface area contributed by atoms with Gasteiger partial charge in [-0.1, -0.05) is 30.3 Å². The van der Waals surface area contributed by atoms with E-state index in [1.54, 1.807) is 0 Å². The van der Waals surface area contributed by atoms with Crippen LogP contribution in [0.3, 0.4) is 0 Å². The van der Waals surface area contributed by atoms with Crippen molar-refractivity contribution in [2.75, 3.05) is 20.3 Å². The zero-order valence-electron chi connectivity index (χ0n) is 11.1. The molecule has 2 aliphatic rings. The van der Waals surface area contributed by atoms with Crippen LogP contribution in [0.25, 0.3) is 0 Å². The summed E-state index contributed by atoms with van der Waals surface area (Å²) in [7, 11) is 1.00. The first kappa shape index (κ1) is 14.0. The van der Waals surface area contributed by atoms with Crippen LogP contribution >= 0.6 is 0 Å². The number of nitrogens with zero attached hydrogens (tertiary/aromatic N) is 1. The Bertz CT molecular complexity index is 420. The summed E-state index contributed by atoms with van der Waals surface area (Å²) in [5.41, 5.74) is 1.23. The summed E-state index contributed by atoms with van der Waals surface area (Å²) in [4.78, 5) is 0. The maximum atomic E-state index is 9.22. The smallest absolute Gasteiger partial charge is 0.0991 e. The molecule has 0 amide bonds. The standard InChI is InChI=1S/C14H16N2O.CH4O/c15-6-13(14-11-8-17-9-12(11)14)16-7-10-4-2-1-3-5-10;1-2/h1-5,11-14,16H,7-9H2;2H,1H3. The van der Waals surface area contributed by atoms with E-state index in [2.05, 4.69) is 23.5 Å². The molecule has 3 atom stereocenters. The molecule has 2 N–H and O–H groups in total. The van der Waals surface area contributed by atoms with E-state index in [0.29, 0.717) is 17.8 Å². The Kier molecular flexibility index (Phi) is 4.92. The lowest BCUT2D eigenvalue weighted by molar-refractivity contribution is 0.147. The topological polar surface area (TPSA) is 65.3 Å². The number of ether oxygens (including phenoxy) is 1. The van der Waals surface area contributed by atoms with Crippen LogP contribution in [0.15, 0.2) is 30.3 Å². The first-order valence-corrected chi connectivity index (χ1v) is 6.59. The van der Waals surface area contributed by atoms with Gasteiger partial charge in [0.05, 0.1) is 25.3 Å². The summed E-state index contributed by atoms with van der Waals surface area (Å²) in [6.45, 7) is 2.47. The first-order chi connectivity index (χ1) is 9.40. The minimum atomic E-state index is -0.0193. The van der Waals surface area contributed by atoms with E-state index in [4.69, 9.17) is 9.84 Å². The molecule has 0 aromatic heterocycles. The van der Waals surface area contributed by atoms with Crippen molar-refractivity contribution < 1.29 is 9.84 Å². The monoisotopic (exact) mass is 260 g/mol. The Labute approximate surface area is 114 Å². The summed E-state index contributed by atoms with van der Waals surface area (Å²) in [5, 5.41) is 19.6. The SMILES string of the molecule is CO.N#CC(NCc1ccccc1)C1C2COCC21. The van der Waals surface area contributed by atoms with Crippen molar-refractivity contribution in [1.29, 1.82) is 5.26 Å². The molecule has 1 heterocycles. The molecule has 2 fully saturated rings. The lowest BCUT2D eigenvalue weighted by Gasteiger charge is -2.13. The van der Waals surface area contributed by atoms with Crippen LogP contribution in [-0.2, 0) is 11.3 Å². The molecule has 1 aliphatic heterocycles. The molecule has 0 spiro atoms. The van der Waals surface area contributed by atoms with Crippen LogP contribution in [0.4, 0.5) is 0 Å². The number of aliphatic hydroxyl groups is 1. The van der Waals surface area contributed by atoms with Crippen LogP contribution < -0.4 is 5.32 Å². The predicted molar refractivity (Wildman–Crippen MR) is 72.1 cm³/mol. The van der Waals surface area contributed by atoms with Crippen LogP contribution in [-0.4, -0.2) is 31.5 Å². The third-order valence-corrected chi connectivity index (χ3v) is 3.91. The van der Waals surface area contributed by atoms with Gasteiger partial charge in [-0.05, 0) is 23.3 Å². The fourth-order valence-corrected chi connectivity index (χ4v) is 2.87. The van der Waals surface area contributed by atoms with Crippen molar-refractivity contribution in [2.24, 2.45) is 17.8 Å². The first-order valence-electron chi connectivity index (χ1n) is 6.59. The van der Waals surface area contributed by atoms with Gasteiger partial charge in [0, 0.05) is 13.7 Å². The molecule has 4 nitrogen and oxygen atoms in total. The van der Waals surface area contributed by atoms with E-state index in [0.717, 1.165) is 26.9 Å². The van der Waals surface area contributed by atoms with Gasteiger partial charge in [-0.2, -0.15) is 5.26 Å². The van der Waals surface area contributed by atoms with Gasteiger partial charge in [-0.15, -0.1) is 0 Å². The highest BCUT2D eigenvalue weighted by Crippen LogP contribution is 2.52. The third-order valence-electron chi connectivity index (χ3n) is 3.91. The minimum absolute atomic E-state index is 0.0193. The summed E-state index contributed by atoms with van der Waals surface area (Å²) in [6, 6.07) is 12.6. The highest BCUT2D eigenvalue weighted by molar-refractivity contribution is 5.17. The van der Waals surface area contributed by atoms with Gasteiger partial charge >= 0.3 is 0 Å². The highest BCUT2D eigenvalue weighted by atomic mass is 16.5. The number of hydrogen-bond acceptors (Lipinski definition) is 4. The average Bonchev–Trinajstić information content (AvgIpc) is 2.96. The summed E-state index contributed by atoms with van der Waals surface area (Å²) in [6.07, 6.45) is 0. The number of aliphatic hydroxyl groups excluding tert-OH is 1. The molecule has 3 rings (SSSR count). The van der Waals surface area contributed by atoms with Crippen LogP contribution in [0.5, 0.6) is 0 Å². The second kappa shape index (κ2) is 6.67. The largest absolute Gasteiger partial charge is 0.400 e. The summed E-state index contributed by atoms with van der Waals surface area (Å²) >= 11 is 0. The molecule has 1 aromatic rings. The molecule has 1 saturated heterocycles. The number of nitrogens with one attached hydrogen (secondary N) is 1. The van der Waals surface area contributed by atoms with Gasteiger partial charge in [-0.25, -0.2) is 0 Å². The maximum absolute atomic E-state index is 9.22. The Morgan fingerprint density at radius 2 is 1.95 bits per heavy atom. The van der Waals surface area contributed by atoms with E-state index < -0.39 is 0 Å². The zero-order chi connectivity index (χ0) is 13.7. The zero-order valence-corrected chi connectivity index (χ0v) is 11.1. The van der Waals surface area contributed by atoms with Crippen LogP contribution in [0, 0.1) is 29.1 Å². The highest BCUT2D eigenvalue weighted by Gasteiger charge is 2.57. The number of hydrogen-bond donors (Lipinski definition) is 2. The predicted octanol–water partition coefficient (Wildman–Crippen LogP) is 1.17. The van der Waals surface area contributed by atoms with E-state index in [1.807, 2.05) is 18.2 Å². The average molecular weight is 260 g/mol. The molecule has 4 heteroatoms. The number of benzene rings is 1. The summed E-state index contributed by atoms with van der Waals surface area (Å²) in [5.74, 6) is 1.77. The molecule has 3 unspecified atom stereocenters. The molecular weight excluding hydrogens is 240 g/mol. The van der Waals surface area contributed by atoms with Gasteiger partial charge in [0.15, 0.2) is 0 Å². The Morgan fingerprint density at radius 3 is 2.53 bits per heavy atom. The lowest BCUT2D eigenvalue weighted by atomic mass is 10.1.